The summed E-state index contributed by atoms with van der Waals surface area (Å²) in [5.74, 6) is 0.757. The van der Waals surface area contributed by atoms with E-state index in [-0.39, 0.29) is 6.61 Å². The Balaban J connectivity index is 2.30. The molecule has 14 heavy (non-hydrogen) atoms. The van der Waals surface area contributed by atoms with Crippen LogP contribution in [-0.4, -0.2) is 20.3 Å². The Hall–Kier alpha value is -1.07. The summed E-state index contributed by atoms with van der Waals surface area (Å²) in [5, 5.41) is 4.45. The van der Waals surface area contributed by atoms with Crippen molar-refractivity contribution in [2.75, 3.05) is 6.61 Å². The third-order valence-electron chi connectivity index (χ3n) is 2.31. The molecule has 76 valence electrons. The van der Waals surface area contributed by atoms with E-state index in [1.54, 1.807) is 0 Å². The van der Waals surface area contributed by atoms with Gasteiger partial charge in [0.2, 0.25) is 10.0 Å². The number of hydrogen-bond donors (Lipinski definition) is 1. The molecule has 2 rings (SSSR count). The fourth-order valence-corrected chi connectivity index (χ4v) is 2.18. The van der Waals surface area contributed by atoms with Crippen LogP contribution in [0.1, 0.15) is 5.56 Å². The molecule has 1 aromatic carbocycles. The first-order chi connectivity index (χ1) is 6.57. The van der Waals surface area contributed by atoms with E-state index in [9.17, 15) is 8.42 Å². The van der Waals surface area contributed by atoms with Gasteiger partial charge in [-0.15, -0.1) is 0 Å². The van der Waals surface area contributed by atoms with Gasteiger partial charge in [-0.3, -0.25) is 0 Å². The minimum Gasteiger partial charge on any atom is -0.492 e. The lowest BCUT2D eigenvalue weighted by molar-refractivity contribution is 0.289. The van der Waals surface area contributed by atoms with E-state index < -0.39 is 15.3 Å². The molecular formula is C9H11NO3S. The maximum atomic E-state index is 11.1. The molecule has 5 heteroatoms. The Morgan fingerprint density at radius 2 is 2.07 bits per heavy atom. The van der Waals surface area contributed by atoms with Crippen molar-refractivity contribution in [2.24, 2.45) is 5.14 Å². The molecule has 0 radical (unpaired) electrons. The number of fused-ring (bicyclic) bond motifs is 1. The molecule has 1 unspecified atom stereocenters. The van der Waals surface area contributed by atoms with Gasteiger partial charge in [0, 0.05) is 0 Å². The molecule has 2 N–H and O–H groups in total. The molecule has 1 heterocycles. The van der Waals surface area contributed by atoms with Gasteiger partial charge >= 0.3 is 0 Å². The average molecular weight is 213 g/mol. The van der Waals surface area contributed by atoms with Gasteiger partial charge in [0.1, 0.15) is 17.6 Å². The number of nitrogens with two attached hydrogens (primary N) is 1. The van der Waals surface area contributed by atoms with Crippen LogP contribution in [-0.2, 0) is 16.4 Å². The van der Waals surface area contributed by atoms with E-state index in [1.165, 1.54) is 0 Å². The van der Waals surface area contributed by atoms with Gasteiger partial charge < -0.3 is 4.74 Å². The summed E-state index contributed by atoms with van der Waals surface area (Å²) in [6.45, 7) is 0.149. The highest BCUT2D eigenvalue weighted by molar-refractivity contribution is 7.89. The molecule has 0 aromatic heterocycles. The van der Waals surface area contributed by atoms with E-state index in [4.69, 9.17) is 9.88 Å². The van der Waals surface area contributed by atoms with Crippen LogP contribution in [0.2, 0.25) is 0 Å². The smallest absolute Gasteiger partial charge is 0.215 e. The highest BCUT2D eigenvalue weighted by Crippen LogP contribution is 2.25. The Bertz CT molecular complexity index is 441. The molecule has 1 aliphatic heterocycles. The minimum absolute atomic E-state index is 0.149. The SMILES string of the molecule is NS(=O)(=O)C1COc2ccccc2C1. The first-order valence-corrected chi connectivity index (χ1v) is 5.90. The summed E-state index contributed by atoms with van der Waals surface area (Å²) in [6.07, 6.45) is 0.439. The number of rotatable bonds is 1. The van der Waals surface area contributed by atoms with E-state index in [0.29, 0.717) is 6.42 Å². The lowest BCUT2D eigenvalue weighted by Gasteiger charge is -2.23. The van der Waals surface area contributed by atoms with Crippen molar-refractivity contribution in [1.82, 2.24) is 0 Å². The maximum Gasteiger partial charge on any atom is 0.215 e. The second-order valence-electron chi connectivity index (χ2n) is 3.33. The fraction of sp³-hybridized carbons (Fsp3) is 0.333. The zero-order valence-corrected chi connectivity index (χ0v) is 8.33. The first-order valence-electron chi connectivity index (χ1n) is 4.29. The van der Waals surface area contributed by atoms with E-state index in [0.717, 1.165) is 11.3 Å². The van der Waals surface area contributed by atoms with E-state index in [2.05, 4.69) is 0 Å². The van der Waals surface area contributed by atoms with Crippen LogP contribution in [0.15, 0.2) is 24.3 Å². The molecule has 1 atom stereocenters. The van der Waals surface area contributed by atoms with Crippen LogP contribution in [0.3, 0.4) is 0 Å². The monoisotopic (exact) mass is 213 g/mol. The van der Waals surface area contributed by atoms with Crippen molar-refractivity contribution >= 4 is 10.0 Å². The van der Waals surface area contributed by atoms with Crippen molar-refractivity contribution in [2.45, 2.75) is 11.7 Å². The molecule has 4 nitrogen and oxygen atoms in total. The standard InChI is InChI=1S/C9H11NO3S/c10-14(11,12)8-5-7-3-1-2-4-9(7)13-6-8/h1-4,8H,5-6H2,(H2,10,11,12). The Kier molecular flexibility index (Phi) is 2.20. The normalized spacial score (nSPS) is 21.1. The van der Waals surface area contributed by atoms with Gasteiger partial charge in [-0.25, -0.2) is 13.6 Å². The van der Waals surface area contributed by atoms with Crippen molar-refractivity contribution in [1.29, 1.82) is 0 Å². The molecule has 1 aliphatic rings. The Morgan fingerprint density at radius 1 is 1.36 bits per heavy atom. The molecular weight excluding hydrogens is 202 g/mol. The van der Waals surface area contributed by atoms with Crippen LogP contribution >= 0.6 is 0 Å². The number of benzene rings is 1. The van der Waals surface area contributed by atoms with Gasteiger partial charge in [0.25, 0.3) is 0 Å². The number of sulfonamides is 1. The van der Waals surface area contributed by atoms with Crippen LogP contribution in [0.5, 0.6) is 5.75 Å². The third-order valence-corrected chi connectivity index (χ3v) is 3.54. The van der Waals surface area contributed by atoms with Crippen molar-refractivity contribution in [3.63, 3.8) is 0 Å². The Labute approximate surface area is 82.7 Å². The van der Waals surface area contributed by atoms with E-state index in [1.807, 2.05) is 24.3 Å². The molecule has 0 fully saturated rings. The molecule has 0 spiro atoms. The molecule has 0 amide bonds. The van der Waals surface area contributed by atoms with Crippen LogP contribution in [0.25, 0.3) is 0 Å². The number of para-hydroxylation sites is 1. The first kappa shape index (κ1) is 9.48. The summed E-state index contributed by atoms with van der Waals surface area (Å²) in [7, 11) is -3.49. The van der Waals surface area contributed by atoms with Gasteiger partial charge in [0.15, 0.2) is 0 Å². The lowest BCUT2D eigenvalue weighted by Crippen LogP contribution is -2.37. The predicted octanol–water partition coefficient (Wildman–Crippen LogP) is 0.279. The quantitative estimate of drug-likeness (QED) is 0.728. The van der Waals surface area contributed by atoms with Gasteiger partial charge in [0.05, 0.1) is 0 Å². The summed E-state index contributed by atoms with van der Waals surface area (Å²) in [6, 6.07) is 7.39. The summed E-state index contributed by atoms with van der Waals surface area (Å²) in [5.41, 5.74) is 0.901. The lowest BCUT2D eigenvalue weighted by atomic mass is 10.1. The summed E-state index contributed by atoms with van der Waals surface area (Å²) >= 11 is 0. The number of hydrogen-bond acceptors (Lipinski definition) is 3. The van der Waals surface area contributed by atoms with Crippen molar-refractivity contribution in [3.05, 3.63) is 29.8 Å². The fourth-order valence-electron chi connectivity index (χ4n) is 1.51. The number of primary sulfonamides is 1. The molecule has 1 aromatic rings. The van der Waals surface area contributed by atoms with Crippen molar-refractivity contribution < 1.29 is 13.2 Å². The molecule has 0 saturated heterocycles. The van der Waals surface area contributed by atoms with Crippen LogP contribution < -0.4 is 9.88 Å². The Morgan fingerprint density at radius 3 is 2.79 bits per heavy atom. The average Bonchev–Trinajstić information content (AvgIpc) is 2.16. The van der Waals surface area contributed by atoms with Crippen molar-refractivity contribution in [3.8, 4) is 5.75 Å². The zero-order valence-electron chi connectivity index (χ0n) is 7.51. The largest absolute Gasteiger partial charge is 0.492 e. The summed E-state index contributed by atoms with van der Waals surface area (Å²) in [4.78, 5) is 0. The molecule has 0 saturated carbocycles. The highest BCUT2D eigenvalue weighted by atomic mass is 32.2. The van der Waals surface area contributed by atoms with Gasteiger partial charge in [-0.05, 0) is 18.1 Å². The topological polar surface area (TPSA) is 69.4 Å². The number of ether oxygens (including phenoxy) is 1. The second-order valence-corrected chi connectivity index (χ2v) is 5.18. The zero-order chi connectivity index (χ0) is 10.2. The minimum atomic E-state index is -3.49. The third kappa shape index (κ3) is 1.73. The van der Waals surface area contributed by atoms with Crippen LogP contribution in [0, 0.1) is 0 Å². The molecule has 0 bridgehead atoms. The van der Waals surface area contributed by atoms with Gasteiger partial charge in [-0.1, -0.05) is 18.2 Å². The molecule has 0 aliphatic carbocycles. The predicted molar refractivity (Wildman–Crippen MR) is 52.5 cm³/mol. The van der Waals surface area contributed by atoms with Gasteiger partial charge in [-0.2, -0.15) is 0 Å². The summed E-state index contributed by atoms with van der Waals surface area (Å²) < 4.78 is 27.5. The second kappa shape index (κ2) is 3.25. The maximum absolute atomic E-state index is 11.1. The van der Waals surface area contributed by atoms with Crippen LogP contribution in [0.4, 0.5) is 0 Å². The highest BCUT2D eigenvalue weighted by Gasteiger charge is 2.27. The van der Waals surface area contributed by atoms with E-state index >= 15 is 0 Å².